The van der Waals surface area contributed by atoms with E-state index in [4.69, 9.17) is 0 Å². The molecule has 9 heteroatoms. The summed E-state index contributed by atoms with van der Waals surface area (Å²) in [5.74, 6) is 0.725. The van der Waals surface area contributed by atoms with Gasteiger partial charge in [0.1, 0.15) is 0 Å². The number of anilines is 1. The van der Waals surface area contributed by atoms with E-state index >= 15 is 0 Å². The predicted octanol–water partition coefficient (Wildman–Crippen LogP) is 3.14. The molecule has 31 heavy (non-hydrogen) atoms. The van der Waals surface area contributed by atoms with Crippen LogP contribution in [0.4, 0.5) is 5.69 Å². The summed E-state index contributed by atoms with van der Waals surface area (Å²) in [7, 11) is 1.39. The molecular formula is C22H34IN5O2S. The van der Waals surface area contributed by atoms with Gasteiger partial charge in [0, 0.05) is 53.0 Å². The number of hydrogen-bond acceptors (Lipinski definition) is 4. The van der Waals surface area contributed by atoms with Crippen LogP contribution in [0.25, 0.3) is 0 Å². The van der Waals surface area contributed by atoms with Crippen LogP contribution < -0.4 is 15.5 Å². The maximum absolute atomic E-state index is 12.1. The quantitative estimate of drug-likeness (QED) is 0.203. The topological polar surface area (TPSA) is 77.0 Å². The van der Waals surface area contributed by atoms with Gasteiger partial charge in [0.05, 0.1) is 4.90 Å². The third kappa shape index (κ3) is 8.30. The number of sulfonamides is 1. The standard InChI is InChI=1S/C22H33N5O2S.HI/c1-5-27(20-10-7-6-8-11-20)17-9-16-24-22(23-2)25-18-19-12-14-21(15-13-19)30(28,29)26(3)4;/h6-8,10-15H,5,9,16-18H2,1-4H3,(H2,23,24,25);1H. The van der Waals surface area contributed by atoms with Crippen LogP contribution in [-0.2, 0) is 16.6 Å². The SMILES string of the molecule is CCN(CCCNC(=NC)NCc1ccc(S(=O)(=O)N(C)C)cc1)c1ccccc1.I. The highest BCUT2D eigenvalue weighted by Gasteiger charge is 2.16. The zero-order valence-electron chi connectivity index (χ0n) is 18.7. The lowest BCUT2D eigenvalue weighted by molar-refractivity contribution is 0.520. The van der Waals surface area contributed by atoms with Crippen molar-refractivity contribution >= 4 is 45.6 Å². The van der Waals surface area contributed by atoms with E-state index in [-0.39, 0.29) is 28.9 Å². The fraction of sp³-hybridized carbons (Fsp3) is 0.409. The van der Waals surface area contributed by atoms with Crippen LogP contribution in [0.2, 0.25) is 0 Å². The van der Waals surface area contributed by atoms with Crippen molar-refractivity contribution in [3.8, 4) is 0 Å². The van der Waals surface area contributed by atoms with Crippen molar-refractivity contribution in [1.82, 2.24) is 14.9 Å². The van der Waals surface area contributed by atoms with Crippen LogP contribution in [0.3, 0.4) is 0 Å². The molecule has 0 fully saturated rings. The van der Waals surface area contributed by atoms with E-state index in [2.05, 4.69) is 51.7 Å². The first kappa shape index (κ1) is 27.2. The van der Waals surface area contributed by atoms with Gasteiger partial charge in [-0.25, -0.2) is 12.7 Å². The Hall–Kier alpha value is -1.85. The van der Waals surface area contributed by atoms with Crippen LogP contribution in [0.15, 0.2) is 64.5 Å². The van der Waals surface area contributed by atoms with Gasteiger partial charge < -0.3 is 15.5 Å². The average molecular weight is 560 g/mol. The maximum atomic E-state index is 12.1. The van der Waals surface area contributed by atoms with Crippen molar-refractivity contribution in [2.45, 2.75) is 24.8 Å². The Labute approximate surface area is 204 Å². The molecule has 2 aromatic rings. The van der Waals surface area contributed by atoms with Crippen LogP contribution >= 0.6 is 24.0 Å². The minimum atomic E-state index is -3.40. The van der Waals surface area contributed by atoms with Crippen molar-refractivity contribution < 1.29 is 8.42 Å². The fourth-order valence-electron chi connectivity index (χ4n) is 2.98. The van der Waals surface area contributed by atoms with Gasteiger partial charge >= 0.3 is 0 Å². The number of guanidine groups is 1. The molecule has 0 amide bonds. The smallest absolute Gasteiger partial charge is 0.242 e. The molecule has 2 N–H and O–H groups in total. The monoisotopic (exact) mass is 559 g/mol. The fourth-order valence-corrected chi connectivity index (χ4v) is 3.88. The Balaban J connectivity index is 0.00000480. The number of hydrogen-bond donors (Lipinski definition) is 2. The second kappa shape index (κ2) is 13.5. The van der Waals surface area contributed by atoms with Gasteiger partial charge in [0.25, 0.3) is 0 Å². The molecule has 0 aliphatic heterocycles. The van der Waals surface area contributed by atoms with E-state index in [1.54, 1.807) is 19.2 Å². The maximum Gasteiger partial charge on any atom is 0.242 e. The first-order chi connectivity index (χ1) is 14.4. The van der Waals surface area contributed by atoms with Gasteiger partial charge in [-0.05, 0) is 43.2 Å². The Morgan fingerprint density at radius 1 is 1.00 bits per heavy atom. The number of nitrogens with one attached hydrogen (secondary N) is 2. The van der Waals surface area contributed by atoms with E-state index in [9.17, 15) is 8.42 Å². The summed E-state index contributed by atoms with van der Waals surface area (Å²) in [5.41, 5.74) is 2.22. The first-order valence-corrected chi connectivity index (χ1v) is 11.6. The van der Waals surface area contributed by atoms with E-state index in [0.29, 0.717) is 6.54 Å². The van der Waals surface area contributed by atoms with Gasteiger partial charge in [-0.1, -0.05) is 30.3 Å². The summed E-state index contributed by atoms with van der Waals surface area (Å²) in [6.45, 7) is 5.47. The Bertz CT molecular complexity index is 903. The van der Waals surface area contributed by atoms with Crippen LogP contribution in [-0.4, -0.2) is 59.5 Å². The van der Waals surface area contributed by atoms with Crippen molar-refractivity contribution in [3.05, 3.63) is 60.2 Å². The Kier molecular flexibility index (Phi) is 11.9. The zero-order chi connectivity index (χ0) is 22.0. The van der Waals surface area contributed by atoms with Gasteiger partial charge in [-0.15, -0.1) is 24.0 Å². The van der Waals surface area contributed by atoms with Crippen molar-refractivity contribution in [3.63, 3.8) is 0 Å². The van der Waals surface area contributed by atoms with E-state index in [1.807, 2.05) is 18.2 Å². The van der Waals surface area contributed by atoms with Crippen LogP contribution in [0.5, 0.6) is 0 Å². The Morgan fingerprint density at radius 3 is 2.19 bits per heavy atom. The van der Waals surface area contributed by atoms with Crippen LogP contribution in [0, 0.1) is 0 Å². The second-order valence-corrected chi connectivity index (χ2v) is 9.20. The molecule has 0 saturated heterocycles. The lowest BCUT2D eigenvalue weighted by atomic mass is 10.2. The molecule has 7 nitrogen and oxygen atoms in total. The number of benzene rings is 2. The Morgan fingerprint density at radius 2 is 1.65 bits per heavy atom. The van der Waals surface area contributed by atoms with Crippen molar-refractivity contribution in [2.75, 3.05) is 45.7 Å². The number of para-hydroxylation sites is 1. The van der Waals surface area contributed by atoms with Gasteiger partial charge in [-0.2, -0.15) is 0 Å². The predicted molar refractivity (Wildman–Crippen MR) is 140 cm³/mol. The molecule has 2 rings (SSSR count). The molecule has 0 aliphatic rings. The zero-order valence-corrected chi connectivity index (χ0v) is 21.9. The van der Waals surface area contributed by atoms with E-state index in [0.717, 1.165) is 37.6 Å². The molecule has 2 aromatic carbocycles. The van der Waals surface area contributed by atoms with Gasteiger partial charge in [-0.3, -0.25) is 4.99 Å². The molecule has 0 aliphatic carbocycles. The molecule has 0 bridgehead atoms. The molecule has 0 unspecified atom stereocenters. The third-order valence-corrected chi connectivity index (χ3v) is 6.62. The lowest BCUT2D eigenvalue weighted by Crippen LogP contribution is -2.38. The largest absolute Gasteiger partial charge is 0.372 e. The van der Waals surface area contributed by atoms with Crippen LogP contribution in [0.1, 0.15) is 18.9 Å². The molecule has 172 valence electrons. The first-order valence-electron chi connectivity index (χ1n) is 10.1. The summed E-state index contributed by atoms with van der Waals surface area (Å²) in [6, 6.07) is 17.3. The van der Waals surface area contributed by atoms with E-state index < -0.39 is 10.0 Å². The number of halogens is 1. The van der Waals surface area contributed by atoms with Gasteiger partial charge in [0.15, 0.2) is 5.96 Å². The lowest BCUT2D eigenvalue weighted by Gasteiger charge is -2.23. The third-order valence-electron chi connectivity index (χ3n) is 4.79. The minimum absolute atomic E-state index is 0. The number of rotatable bonds is 10. The molecule has 0 heterocycles. The van der Waals surface area contributed by atoms with Gasteiger partial charge in [0.2, 0.25) is 10.0 Å². The summed E-state index contributed by atoms with van der Waals surface area (Å²) in [4.78, 5) is 6.89. The highest BCUT2D eigenvalue weighted by molar-refractivity contribution is 14.0. The molecular weight excluding hydrogens is 525 g/mol. The van der Waals surface area contributed by atoms with Crippen molar-refractivity contribution in [1.29, 1.82) is 0 Å². The normalized spacial score (nSPS) is 11.7. The number of nitrogens with zero attached hydrogens (tertiary/aromatic N) is 3. The summed E-state index contributed by atoms with van der Waals surface area (Å²) >= 11 is 0. The average Bonchev–Trinajstić information content (AvgIpc) is 2.76. The summed E-state index contributed by atoms with van der Waals surface area (Å²) in [6.07, 6.45) is 0.987. The molecule has 0 spiro atoms. The number of aliphatic imine (C=N–C) groups is 1. The summed E-state index contributed by atoms with van der Waals surface area (Å²) < 4.78 is 25.5. The second-order valence-electron chi connectivity index (χ2n) is 7.05. The minimum Gasteiger partial charge on any atom is -0.372 e. The highest BCUT2D eigenvalue weighted by atomic mass is 127. The molecule has 0 aromatic heterocycles. The summed E-state index contributed by atoms with van der Waals surface area (Å²) in [5, 5.41) is 6.60. The molecule has 0 saturated carbocycles. The molecule has 0 radical (unpaired) electrons. The van der Waals surface area contributed by atoms with Crippen molar-refractivity contribution in [2.24, 2.45) is 4.99 Å². The molecule has 0 atom stereocenters. The highest BCUT2D eigenvalue weighted by Crippen LogP contribution is 2.14. The van der Waals surface area contributed by atoms with E-state index in [1.165, 1.54) is 24.1 Å².